The van der Waals surface area contributed by atoms with Crippen LogP contribution >= 0.6 is 0 Å². The summed E-state index contributed by atoms with van der Waals surface area (Å²) >= 11 is 0. The minimum atomic E-state index is -4.50. The summed E-state index contributed by atoms with van der Waals surface area (Å²) in [5.41, 5.74) is -1.25. The van der Waals surface area contributed by atoms with Crippen molar-refractivity contribution < 1.29 is 22.0 Å². The molecule has 19 heavy (non-hydrogen) atoms. The molecule has 1 aliphatic rings. The first-order chi connectivity index (χ1) is 8.82. The number of hydrogen-bond acceptors (Lipinski definition) is 1. The molecular weight excluding hydrogens is 265 g/mol. The first-order valence-corrected chi connectivity index (χ1v) is 6.08. The summed E-state index contributed by atoms with van der Waals surface area (Å²) in [5.74, 6) is -3.89. The number of piperidine rings is 1. The van der Waals surface area contributed by atoms with Crippen molar-refractivity contribution in [3.05, 3.63) is 35.4 Å². The highest BCUT2D eigenvalue weighted by molar-refractivity contribution is 5.28. The maximum atomic E-state index is 14.2. The van der Waals surface area contributed by atoms with Gasteiger partial charge >= 0.3 is 6.18 Å². The summed E-state index contributed by atoms with van der Waals surface area (Å²) in [7, 11) is 0. The second-order valence-electron chi connectivity index (χ2n) is 4.72. The van der Waals surface area contributed by atoms with Crippen LogP contribution in [0.2, 0.25) is 0 Å². The van der Waals surface area contributed by atoms with E-state index in [1.165, 1.54) is 0 Å². The number of nitrogens with one attached hydrogen (secondary N) is 1. The zero-order chi connectivity index (χ0) is 14.1. The molecule has 0 radical (unpaired) electrons. The number of rotatable bonds is 2. The lowest BCUT2D eigenvalue weighted by atomic mass is 9.87. The molecule has 0 saturated carbocycles. The summed E-state index contributed by atoms with van der Waals surface area (Å²) in [6.07, 6.45) is -3.84. The van der Waals surface area contributed by atoms with E-state index in [4.69, 9.17) is 0 Å². The number of benzene rings is 1. The SMILES string of the molecule is FC(F)(F)c1ccc(C(F)(F)C2CCNCC2)cc1. The van der Waals surface area contributed by atoms with Gasteiger partial charge in [-0.25, -0.2) is 8.78 Å². The maximum Gasteiger partial charge on any atom is 0.416 e. The average Bonchev–Trinajstić information content (AvgIpc) is 2.39. The van der Waals surface area contributed by atoms with Gasteiger partial charge in [-0.05, 0) is 38.1 Å². The Morgan fingerprint density at radius 1 is 0.842 bits per heavy atom. The number of hydrogen-bond donors (Lipinski definition) is 1. The molecule has 1 aliphatic heterocycles. The quantitative estimate of drug-likeness (QED) is 0.812. The minimum Gasteiger partial charge on any atom is -0.317 e. The van der Waals surface area contributed by atoms with Crippen molar-refractivity contribution in [3.8, 4) is 0 Å². The van der Waals surface area contributed by atoms with E-state index in [-0.39, 0.29) is 5.56 Å². The highest BCUT2D eigenvalue weighted by Gasteiger charge is 2.42. The van der Waals surface area contributed by atoms with Crippen molar-refractivity contribution in [1.29, 1.82) is 0 Å². The van der Waals surface area contributed by atoms with E-state index in [9.17, 15) is 22.0 Å². The monoisotopic (exact) mass is 279 g/mol. The Kier molecular flexibility index (Phi) is 3.80. The molecule has 1 nitrogen and oxygen atoms in total. The smallest absolute Gasteiger partial charge is 0.317 e. The Balaban J connectivity index is 2.20. The van der Waals surface area contributed by atoms with Gasteiger partial charge in [0.25, 0.3) is 5.92 Å². The molecule has 1 fully saturated rings. The van der Waals surface area contributed by atoms with Crippen LogP contribution in [0.5, 0.6) is 0 Å². The minimum absolute atomic E-state index is 0.327. The fraction of sp³-hybridized carbons (Fsp3) is 0.538. The van der Waals surface area contributed by atoms with Crippen LogP contribution in [-0.2, 0) is 12.1 Å². The summed E-state index contributed by atoms with van der Waals surface area (Å²) in [5, 5.41) is 2.99. The molecule has 1 heterocycles. The van der Waals surface area contributed by atoms with Crippen molar-refractivity contribution in [3.63, 3.8) is 0 Å². The Hall–Kier alpha value is -1.17. The molecular formula is C13H14F5N. The normalized spacial score (nSPS) is 18.6. The molecule has 0 aromatic heterocycles. The van der Waals surface area contributed by atoms with Gasteiger partial charge in [0.05, 0.1) is 5.56 Å². The van der Waals surface area contributed by atoms with Crippen molar-refractivity contribution in [2.75, 3.05) is 13.1 Å². The van der Waals surface area contributed by atoms with E-state index in [0.717, 1.165) is 12.1 Å². The van der Waals surface area contributed by atoms with Crippen molar-refractivity contribution in [1.82, 2.24) is 5.32 Å². The zero-order valence-electron chi connectivity index (χ0n) is 10.1. The fourth-order valence-corrected chi connectivity index (χ4v) is 2.30. The molecule has 0 atom stereocenters. The van der Waals surface area contributed by atoms with E-state index in [0.29, 0.717) is 38.1 Å². The van der Waals surface area contributed by atoms with Crippen molar-refractivity contribution in [2.24, 2.45) is 5.92 Å². The van der Waals surface area contributed by atoms with E-state index < -0.39 is 23.6 Å². The van der Waals surface area contributed by atoms with E-state index in [2.05, 4.69) is 5.32 Å². The van der Waals surface area contributed by atoms with Gasteiger partial charge in [0.15, 0.2) is 0 Å². The van der Waals surface area contributed by atoms with Crippen LogP contribution in [0.15, 0.2) is 24.3 Å². The van der Waals surface area contributed by atoms with Gasteiger partial charge in [0.2, 0.25) is 0 Å². The predicted molar refractivity (Wildman–Crippen MR) is 60.9 cm³/mol. The molecule has 0 amide bonds. The molecule has 0 bridgehead atoms. The summed E-state index contributed by atoms with van der Waals surface area (Å²) in [4.78, 5) is 0. The van der Waals surface area contributed by atoms with Gasteiger partial charge in [-0.1, -0.05) is 12.1 Å². The highest BCUT2D eigenvalue weighted by atomic mass is 19.4. The first-order valence-electron chi connectivity index (χ1n) is 6.08. The van der Waals surface area contributed by atoms with Crippen LogP contribution in [0.4, 0.5) is 22.0 Å². The van der Waals surface area contributed by atoms with Crippen LogP contribution in [0.3, 0.4) is 0 Å². The zero-order valence-corrected chi connectivity index (χ0v) is 10.1. The number of alkyl halides is 5. The lowest BCUT2D eigenvalue weighted by molar-refractivity contribution is -0.137. The van der Waals surface area contributed by atoms with Gasteiger partial charge < -0.3 is 5.32 Å². The van der Waals surface area contributed by atoms with Crippen LogP contribution in [0, 0.1) is 5.92 Å². The lowest BCUT2D eigenvalue weighted by Gasteiger charge is -2.30. The second-order valence-corrected chi connectivity index (χ2v) is 4.72. The molecule has 1 N–H and O–H groups in total. The third-order valence-corrected chi connectivity index (χ3v) is 3.45. The van der Waals surface area contributed by atoms with Crippen molar-refractivity contribution >= 4 is 0 Å². The maximum absolute atomic E-state index is 14.2. The van der Waals surface area contributed by atoms with Gasteiger partial charge in [0, 0.05) is 11.5 Å². The largest absolute Gasteiger partial charge is 0.416 e. The summed E-state index contributed by atoms with van der Waals surface area (Å²) in [6.45, 7) is 1.03. The molecule has 6 heteroatoms. The van der Waals surface area contributed by atoms with E-state index in [1.807, 2.05) is 0 Å². The molecule has 1 aromatic rings. The van der Waals surface area contributed by atoms with Crippen LogP contribution in [-0.4, -0.2) is 13.1 Å². The molecule has 106 valence electrons. The summed E-state index contributed by atoms with van der Waals surface area (Å²) in [6, 6.07) is 3.18. The fourth-order valence-electron chi connectivity index (χ4n) is 2.30. The first kappa shape index (κ1) is 14.2. The molecule has 0 unspecified atom stereocenters. The Bertz CT molecular complexity index is 418. The van der Waals surface area contributed by atoms with Crippen LogP contribution < -0.4 is 5.32 Å². The van der Waals surface area contributed by atoms with Crippen LogP contribution in [0.1, 0.15) is 24.0 Å². The molecule has 2 rings (SSSR count). The standard InChI is InChI=1S/C13H14F5N/c14-12(15,10-5-7-19-8-6-10)9-1-3-11(4-2-9)13(16,17)18/h1-4,10,19H,5-8H2. The lowest BCUT2D eigenvalue weighted by Crippen LogP contribution is -2.36. The van der Waals surface area contributed by atoms with E-state index in [1.54, 1.807) is 0 Å². The van der Waals surface area contributed by atoms with Crippen molar-refractivity contribution in [2.45, 2.75) is 24.9 Å². The van der Waals surface area contributed by atoms with E-state index >= 15 is 0 Å². The van der Waals surface area contributed by atoms with Gasteiger partial charge in [-0.3, -0.25) is 0 Å². The molecule has 0 aliphatic carbocycles. The average molecular weight is 279 g/mol. The molecule has 1 saturated heterocycles. The van der Waals surface area contributed by atoms with Gasteiger partial charge in [-0.2, -0.15) is 13.2 Å². The predicted octanol–water partition coefficient (Wildman–Crippen LogP) is 3.80. The topological polar surface area (TPSA) is 12.0 Å². The Morgan fingerprint density at radius 2 is 1.32 bits per heavy atom. The highest BCUT2D eigenvalue weighted by Crippen LogP contribution is 2.41. The van der Waals surface area contributed by atoms with Crippen LogP contribution in [0.25, 0.3) is 0 Å². The van der Waals surface area contributed by atoms with Gasteiger partial charge in [-0.15, -0.1) is 0 Å². The third-order valence-electron chi connectivity index (χ3n) is 3.45. The molecule has 0 spiro atoms. The third kappa shape index (κ3) is 3.05. The molecule has 1 aromatic carbocycles. The van der Waals surface area contributed by atoms with Gasteiger partial charge in [0.1, 0.15) is 0 Å². The second kappa shape index (κ2) is 5.07. The summed E-state index contributed by atoms with van der Waals surface area (Å²) < 4.78 is 65.4. The Morgan fingerprint density at radius 3 is 1.79 bits per heavy atom. The number of halogens is 5. The Labute approximate surface area is 107 Å².